The van der Waals surface area contributed by atoms with Crippen LogP contribution in [0.15, 0.2) is 42.6 Å². The molecule has 0 bridgehead atoms. The van der Waals surface area contributed by atoms with Crippen molar-refractivity contribution in [3.05, 3.63) is 59.9 Å². The van der Waals surface area contributed by atoms with Crippen molar-refractivity contribution in [3.63, 3.8) is 0 Å². The number of pyridine rings is 1. The molecule has 0 atom stereocenters. The quantitative estimate of drug-likeness (QED) is 0.781. The van der Waals surface area contributed by atoms with E-state index in [4.69, 9.17) is 0 Å². The molecule has 0 aliphatic carbocycles. The van der Waals surface area contributed by atoms with Crippen molar-refractivity contribution < 1.29 is 18.7 Å². The molecule has 0 aliphatic rings. The zero-order valence-corrected chi connectivity index (χ0v) is 10.0. The highest BCUT2D eigenvalue weighted by Crippen LogP contribution is 2.27. The van der Waals surface area contributed by atoms with Crippen LogP contribution in [-0.4, -0.2) is 20.5 Å². The van der Waals surface area contributed by atoms with E-state index in [1.54, 1.807) is 6.07 Å². The Balaban J connectivity index is 2.42. The lowest BCUT2D eigenvalue weighted by molar-refractivity contribution is 0.0690. The van der Waals surface area contributed by atoms with Crippen LogP contribution in [0, 0.1) is 11.6 Å². The van der Waals surface area contributed by atoms with Gasteiger partial charge in [0, 0.05) is 11.8 Å². The van der Waals surface area contributed by atoms with Crippen LogP contribution in [0.4, 0.5) is 8.78 Å². The smallest absolute Gasteiger partial charge is 0.355 e. The zero-order chi connectivity index (χ0) is 14.3. The molecule has 0 unspecified atom stereocenters. The number of hydrogen-bond donors (Lipinski definition) is 1. The summed E-state index contributed by atoms with van der Waals surface area (Å²) in [5, 5.41) is 9.29. The Morgan fingerprint density at radius 3 is 2.50 bits per heavy atom. The lowest BCUT2D eigenvalue weighted by atomic mass is 10.1. The minimum Gasteiger partial charge on any atom is -0.476 e. The number of rotatable bonds is 2. The van der Waals surface area contributed by atoms with Gasteiger partial charge in [0.05, 0.1) is 0 Å². The molecule has 6 heteroatoms. The Bertz CT molecular complexity index is 827. The summed E-state index contributed by atoms with van der Waals surface area (Å²) in [7, 11) is 0. The number of carboxylic acids is 1. The van der Waals surface area contributed by atoms with Gasteiger partial charge < -0.3 is 5.11 Å². The fourth-order valence-corrected chi connectivity index (χ4v) is 2.08. The molecule has 1 aromatic carbocycles. The highest BCUT2D eigenvalue weighted by Gasteiger charge is 2.23. The lowest BCUT2D eigenvalue weighted by Crippen LogP contribution is -2.04. The van der Waals surface area contributed by atoms with Crippen LogP contribution in [-0.2, 0) is 0 Å². The first-order valence-electron chi connectivity index (χ1n) is 5.74. The highest BCUT2D eigenvalue weighted by atomic mass is 19.1. The summed E-state index contributed by atoms with van der Waals surface area (Å²) in [6.45, 7) is 0. The van der Waals surface area contributed by atoms with Crippen LogP contribution in [0.5, 0.6) is 0 Å². The highest BCUT2D eigenvalue weighted by molar-refractivity contribution is 5.94. The summed E-state index contributed by atoms with van der Waals surface area (Å²) in [4.78, 5) is 15.3. The van der Waals surface area contributed by atoms with Gasteiger partial charge in [-0.2, -0.15) is 0 Å². The Hall–Kier alpha value is -2.76. The average Bonchev–Trinajstić information content (AvgIpc) is 2.80. The largest absolute Gasteiger partial charge is 0.476 e. The number of benzene rings is 1. The average molecular weight is 274 g/mol. The standard InChI is InChI=1S/C14H8F2N2O2/c15-9-5-2-1-4-8(9)11-12(14(19)20)18-7-3-6-10(16)13(18)17-11/h1-7H,(H,19,20). The molecule has 3 aromatic rings. The summed E-state index contributed by atoms with van der Waals surface area (Å²) in [5.41, 5.74) is -0.499. The van der Waals surface area contributed by atoms with Gasteiger partial charge in [0.1, 0.15) is 11.5 Å². The summed E-state index contributed by atoms with van der Waals surface area (Å²) < 4.78 is 28.6. The van der Waals surface area contributed by atoms with E-state index in [0.717, 1.165) is 4.40 Å². The van der Waals surface area contributed by atoms with E-state index in [1.165, 1.54) is 36.5 Å². The Morgan fingerprint density at radius 1 is 1.10 bits per heavy atom. The van der Waals surface area contributed by atoms with E-state index >= 15 is 0 Å². The van der Waals surface area contributed by atoms with Crippen LogP contribution < -0.4 is 0 Å². The van der Waals surface area contributed by atoms with Gasteiger partial charge in [-0.1, -0.05) is 12.1 Å². The molecule has 20 heavy (non-hydrogen) atoms. The van der Waals surface area contributed by atoms with Crippen molar-refractivity contribution in [1.82, 2.24) is 9.38 Å². The van der Waals surface area contributed by atoms with E-state index in [2.05, 4.69) is 4.98 Å². The predicted molar refractivity (Wildman–Crippen MR) is 67.5 cm³/mol. The number of carboxylic acid groups (broad SMARTS) is 1. The number of fused-ring (bicyclic) bond motifs is 1. The molecule has 0 radical (unpaired) electrons. The van der Waals surface area contributed by atoms with E-state index in [0.29, 0.717) is 0 Å². The minimum atomic E-state index is -1.30. The SMILES string of the molecule is O=C(O)c1c(-c2ccccc2F)nc2c(F)cccn12. The fourth-order valence-electron chi connectivity index (χ4n) is 2.08. The molecular formula is C14H8F2N2O2. The van der Waals surface area contributed by atoms with E-state index in [-0.39, 0.29) is 22.6 Å². The molecule has 2 aromatic heterocycles. The van der Waals surface area contributed by atoms with Crippen molar-refractivity contribution in [2.75, 3.05) is 0 Å². The summed E-state index contributed by atoms with van der Waals surface area (Å²) in [5.74, 6) is -2.59. The summed E-state index contributed by atoms with van der Waals surface area (Å²) >= 11 is 0. The second-order valence-electron chi connectivity index (χ2n) is 4.14. The Morgan fingerprint density at radius 2 is 1.80 bits per heavy atom. The number of hydrogen-bond acceptors (Lipinski definition) is 2. The first-order chi connectivity index (χ1) is 9.59. The molecule has 3 rings (SSSR count). The third-order valence-corrected chi connectivity index (χ3v) is 2.93. The zero-order valence-electron chi connectivity index (χ0n) is 10.0. The van der Waals surface area contributed by atoms with Crippen molar-refractivity contribution >= 4 is 11.6 Å². The van der Waals surface area contributed by atoms with Gasteiger partial charge in [-0.3, -0.25) is 4.40 Å². The Labute approximate surface area is 111 Å². The van der Waals surface area contributed by atoms with Crippen LogP contribution in [0.25, 0.3) is 16.9 Å². The lowest BCUT2D eigenvalue weighted by Gasteiger charge is -2.01. The third kappa shape index (κ3) is 1.73. The number of imidazole rings is 1. The first kappa shape index (κ1) is 12.3. The van der Waals surface area contributed by atoms with Gasteiger partial charge in [-0.25, -0.2) is 18.6 Å². The molecule has 0 saturated heterocycles. The Kier molecular flexibility index (Phi) is 2.71. The summed E-state index contributed by atoms with van der Waals surface area (Å²) in [6, 6.07) is 8.17. The maximum absolute atomic E-state index is 13.8. The van der Waals surface area contributed by atoms with Crippen LogP contribution in [0.2, 0.25) is 0 Å². The fraction of sp³-hybridized carbons (Fsp3) is 0. The summed E-state index contributed by atoms with van der Waals surface area (Å²) in [6.07, 6.45) is 1.37. The number of halogens is 2. The molecular weight excluding hydrogens is 266 g/mol. The number of aromatic nitrogens is 2. The van der Waals surface area contributed by atoms with Gasteiger partial charge in [-0.05, 0) is 24.3 Å². The van der Waals surface area contributed by atoms with Crippen LogP contribution in [0.1, 0.15) is 10.5 Å². The molecule has 100 valence electrons. The maximum Gasteiger partial charge on any atom is 0.355 e. The van der Waals surface area contributed by atoms with Gasteiger partial charge in [0.25, 0.3) is 0 Å². The molecule has 0 saturated carbocycles. The first-order valence-corrected chi connectivity index (χ1v) is 5.74. The van der Waals surface area contributed by atoms with Crippen molar-refractivity contribution in [1.29, 1.82) is 0 Å². The van der Waals surface area contributed by atoms with Crippen molar-refractivity contribution in [3.8, 4) is 11.3 Å². The van der Waals surface area contributed by atoms with Gasteiger partial charge >= 0.3 is 5.97 Å². The molecule has 0 amide bonds. The molecule has 0 aliphatic heterocycles. The third-order valence-electron chi connectivity index (χ3n) is 2.93. The normalized spacial score (nSPS) is 10.9. The molecule has 1 N–H and O–H groups in total. The molecule has 0 fully saturated rings. The molecule has 4 nitrogen and oxygen atoms in total. The topological polar surface area (TPSA) is 54.6 Å². The maximum atomic E-state index is 13.8. The van der Waals surface area contributed by atoms with Crippen molar-refractivity contribution in [2.24, 2.45) is 0 Å². The van der Waals surface area contributed by atoms with Crippen LogP contribution in [0.3, 0.4) is 0 Å². The number of carbonyl (C=O) groups is 1. The second kappa shape index (κ2) is 4.41. The van der Waals surface area contributed by atoms with E-state index in [9.17, 15) is 18.7 Å². The van der Waals surface area contributed by atoms with Gasteiger partial charge in [0.15, 0.2) is 17.2 Å². The van der Waals surface area contributed by atoms with Crippen molar-refractivity contribution in [2.45, 2.75) is 0 Å². The van der Waals surface area contributed by atoms with Crippen LogP contribution >= 0.6 is 0 Å². The van der Waals surface area contributed by atoms with Gasteiger partial charge in [0.2, 0.25) is 0 Å². The number of aromatic carboxylic acids is 1. The second-order valence-corrected chi connectivity index (χ2v) is 4.14. The molecule has 2 heterocycles. The predicted octanol–water partition coefficient (Wildman–Crippen LogP) is 2.98. The number of nitrogens with zero attached hydrogens (tertiary/aromatic N) is 2. The molecule has 0 spiro atoms. The van der Waals surface area contributed by atoms with E-state index < -0.39 is 17.6 Å². The monoisotopic (exact) mass is 274 g/mol. The van der Waals surface area contributed by atoms with E-state index in [1.807, 2.05) is 0 Å². The minimum absolute atomic E-state index is 0.0213. The van der Waals surface area contributed by atoms with Gasteiger partial charge in [-0.15, -0.1) is 0 Å².